The number of aromatic nitrogens is 2. The van der Waals surface area contributed by atoms with Crippen molar-refractivity contribution < 1.29 is 9.32 Å². The molecule has 8 heteroatoms. The fraction of sp³-hybridized carbons (Fsp3) is 0.765. The minimum absolute atomic E-state index is 0.0648. The number of nitrogens with zero attached hydrogens (tertiary/aromatic N) is 5. The zero-order valence-electron chi connectivity index (χ0n) is 15.2. The average molecular weight is 346 g/mol. The first-order chi connectivity index (χ1) is 11.9. The monoisotopic (exact) mass is 346 g/mol. The van der Waals surface area contributed by atoms with Crippen LogP contribution >= 0.6 is 0 Å². The number of amides is 1. The summed E-state index contributed by atoms with van der Waals surface area (Å²) in [5, 5.41) is 16.1. The van der Waals surface area contributed by atoms with Gasteiger partial charge in [-0.1, -0.05) is 5.16 Å². The number of hydrogen-bond acceptors (Lipinski definition) is 7. The normalized spacial score (nSPS) is 22.8. The molecule has 2 fully saturated rings. The maximum Gasteiger partial charge on any atom is 0.243 e. The van der Waals surface area contributed by atoms with Crippen LogP contribution in [0.2, 0.25) is 0 Å². The van der Waals surface area contributed by atoms with Crippen LogP contribution in [-0.2, 0) is 4.79 Å². The van der Waals surface area contributed by atoms with Crippen molar-refractivity contribution in [3.05, 3.63) is 11.7 Å². The second kappa shape index (κ2) is 7.10. The lowest BCUT2D eigenvalue weighted by atomic mass is 9.98. The number of carbonyl (C=O) groups excluding carboxylic acids is 1. The van der Waals surface area contributed by atoms with Crippen molar-refractivity contribution in [3.8, 4) is 6.07 Å². The van der Waals surface area contributed by atoms with Gasteiger partial charge in [0.2, 0.25) is 11.8 Å². The third kappa shape index (κ3) is 4.17. The molecule has 136 valence electrons. The highest BCUT2D eigenvalue weighted by atomic mass is 16.5. The molecule has 2 aliphatic rings. The van der Waals surface area contributed by atoms with E-state index in [0.717, 1.165) is 39.0 Å². The molecule has 0 aromatic carbocycles. The quantitative estimate of drug-likeness (QED) is 0.816. The molecule has 1 aliphatic heterocycles. The van der Waals surface area contributed by atoms with E-state index in [2.05, 4.69) is 38.3 Å². The molecule has 2 heterocycles. The van der Waals surface area contributed by atoms with Gasteiger partial charge < -0.3 is 9.84 Å². The topological polar surface area (TPSA) is 98.3 Å². The summed E-state index contributed by atoms with van der Waals surface area (Å²) < 4.78 is 5.26. The Labute approximate surface area is 148 Å². The van der Waals surface area contributed by atoms with Gasteiger partial charge in [0.25, 0.3) is 0 Å². The summed E-state index contributed by atoms with van der Waals surface area (Å²) in [5.74, 6) is 1.52. The van der Waals surface area contributed by atoms with Gasteiger partial charge in [0, 0.05) is 26.2 Å². The molecular weight excluding hydrogens is 320 g/mol. The van der Waals surface area contributed by atoms with Gasteiger partial charge in [0.1, 0.15) is 5.54 Å². The van der Waals surface area contributed by atoms with E-state index >= 15 is 0 Å². The third-order valence-electron chi connectivity index (χ3n) is 5.25. The molecule has 3 rings (SSSR count). The molecule has 1 aliphatic carbocycles. The summed E-state index contributed by atoms with van der Waals surface area (Å²) in [6.45, 7) is 9.33. The Morgan fingerprint density at radius 2 is 2.12 bits per heavy atom. The van der Waals surface area contributed by atoms with Crippen molar-refractivity contribution in [1.29, 1.82) is 5.26 Å². The lowest BCUT2D eigenvalue weighted by Crippen LogP contribution is -2.53. The van der Waals surface area contributed by atoms with E-state index < -0.39 is 5.54 Å². The van der Waals surface area contributed by atoms with Gasteiger partial charge in [-0.25, -0.2) is 0 Å². The molecule has 0 spiro atoms. The van der Waals surface area contributed by atoms with Crippen molar-refractivity contribution in [2.24, 2.45) is 5.92 Å². The number of hydrogen-bond donors (Lipinski definition) is 1. The number of nitriles is 1. The summed E-state index contributed by atoms with van der Waals surface area (Å²) in [6.07, 6.45) is 2.05. The van der Waals surface area contributed by atoms with Gasteiger partial charge in [0.15, 0.2) is 5.82 Å². The van der Waals surface area contributed by atoms with Crippen LogP contribution in [0.4, 0.5) is 0 Å². The van der Waals surface area contributed by atoms with Gasteiger partial charge in [0.05, 0.1) is 18.7 Å². The van der Waals surface area contributed by atoms with E-state index in [1.807, 2.05) is 13.8 Å². The fourth-order valence-corrected chi connectivity index (χ4v) is 3.36. The first-order valence-electron chi connectivity index (χ1n) is 8.90. The molecule has 25 heavy (non-hydrogen) atoms. The van der Waals surface area contributed by atoms with Crippen molar-refractivity contribution in [3.63, 3.8) is 0 Å². The predicted molar refractivity (Wildman–Crippen MR) is 90.3 cm³/mol. The summed E-state index contributed by atoms with van der Waals surface area (Å²) in [6, 6.07) is 2.35. The fourth-order valence-electron chi connectivity index (χ4n) is 3.36. The highest BCUT2D eigenvalue weighted by molar-refractivity contribution is 5.79. The number of aryl methyl sites for hydroxylation is 1. The zero-order chi connectivity index (χ0) is 18.0. The highest BCUT2D eigenvalue weighted by Crippen LogP contribution is 2.39. The summed E-state index contributed by atoms with van der Waals surface area (Å²) >= 11 is 0. The molecule has 0 radical (unpaired) electrons. The van der Waals surface area contributed by atoms with Crippen LogP contribution in [0.1, 0.15) is 44.4 Å². The summed E-state index contributed by atoms with van der Waals surface area (Å²) in [4.78, 5) is 21.0. The van der Waals surface area contributed by atoms with Gasteiger partial charge in [-0.2, -0.15) is 10.2 Å². The van der Waals surface area contributed by atoms with E-state index in [-0.39, 0.29) is 11.9 Å². The van der Waals surface area contributed by atoms with Crippen molar-refractivity contribution in [1.82, 2.24) is 25.3 Å². The minimum atomic E-state index is -0.719. The zero-order valence-corrected chi connectivity index (χ0v) is 15.2. The van der Waals surface area contributed by atoms with Crippen LogP contribution in [-0.4, -0.2) is 64.1 Å². The second-order valence-corrected chi connectivity index (χ2v) is 7.30. The van der Waals surface area contributed by atoms with E-state index in [1.54, 1.807) is 0 Å². The summed E-state index contributed by atoms with van der Waals surface area (Å²) in [5.41, 5.74) is -0.719. The standard InChI is InChI=1S/C17H26N6O2/c1-12(16-19-13(2)21-25-16)23-8-6-22(7-9-23)10-15(24)20-17(3,11-18)14-4-5-14/h12,14H,4-10H2,1-3H3,(H,20,24). The van der Waals surface area contributed by atoms with E-state index in [0.29, 0.717) is 24.2 Å². The second-order valence-electron chi connectivity index (χ2n) is 7.30. The molecule has 8 nitrogen and oxygen atoms in total. The van der Waals surface area contributed by atoms with Crippen LogP contribution in [0, 0.1) is 24.2 Å². The van der Waals surface area contributed by atoms with Crippen LogP contribution in [0.15, 0.2) is 4.52 Å². The maximum absolute atomic E-state index is 12.3. The molecule has 1 amide bonds. The molecule has 1 aromatic rings. The highest BCUT2D eigenvalue weighted by Gasteiger charge is 2.43. The average Bonchev–Trinajstić information content (AvgIpc) is 3.37. The molecule has 0 bridgehead atoms. The lowest BCUT2D eigenvalue weighted by Gasteiger charge is -2.36. The van der Waals surface area contributed by atoms with E-state index in [9.17, 15) is 10.1 Å². The molecule has 1 saturated heterocycles. The smallest absolute Gasteiger partial charge is 0.243 e. The molecule has 1 saturated carbocycles. The molecule has 1 aromatic heterocycles. The predicted octanol–water partition coefficient (Wildman–Crippen LogP) is 0.865. The van der Waals surface area contributed by atoms with Crippen LogP contribution in [0.5, 0.6) is 0 Å². The van der Waals surface area contributed by atoms with Crippen molar-refractivity contribution >= 4 is 5.91 Å². The van der Waals surface area contributed by atoms with Gasteiger partial charge in [-0.05, 0) is 39.5 Å². The Hall–Kier alpha value is -1.98. The summed E-state index contributed by atoms with van der Waals surface area (Å²) in [7, 11) is 0. The lowest BCUT2D eigenvalue weighted by molar-refractivity contribution is -0.124. The Morgan fingerprint density at radius 3 is 2.64 bits per heavy atom. The van der Waals surface area contributed by atoms with Crippen molar-refractivity contribution in [2.45, 2.75) is 45.2 Å². The minimum Gasteiger partial charge on any atom is -0.338 e. The van der Waals surface area contributed by atoms with Gasteiger partial charge >= 0.3 is 0 Å². The SMILES string of the molecule is Cc1noc(C(C)N2CCN(CC(=O)NC(C)(C#N)C3CC3)CC2)n1. The van der Waals surface area contributed by atoms with Crippen molar-refractivity contribution in [2.75, 3.05) is 32.7 Å². The largest absolute Gasteiger partial charge is 0.338 e. The Morgan fingerprint density at radius 1 is 1.44 bits per heavy atom. The number of rotatable bonds is 6. The van der Waals surface area contributed by atoms with Crippen LogP contribution in [0.25, 0.3) is 0 Å². The van der Waals surface area contributed by atoms with E-state index in [4.69, 9.17) is 4.52 Å². The third-order valence-corrected chi connectivity index (χ3v) is 5.25. The first-order valence-corrected chi connectivity index (χ1v) is 8.90. The molecular formula is C17H26N6O2. The molecule has 2 atom stereocenters. The van der Waals surface area contributed by atoms with Gasteiger partial charge in [-0.15, -0.1) is 0 Å². The number of carbonyl (C=O) groups is 1. The number of piperazine rings is 1. The van der Waals surface area contributed by atoms with Crippen LogP contribution < -0.4 is 5.32 Å². The molecule has 2 unspecified atom stereocenters. The van der Waals surface area contributed by atoms with Crippen LogP contribution in [0.3, 0.4) is 0 Å². The Kier molecular flexibility index (Phi) is 5.06. The number of nitrogens with one attached hydrogen (secondary N) is 1. The maximum atomic E-state index is 12.3. The van der Waals surface area contributed by atoms with Gasteiger partial charge in [-0.3, -0.25) is 14.6 Å². The Bertz CT molecular complexity index is 656. The first kappa shape index (κ1) is 17.8. The molecule has 1 N–H and O–H groups in total. The Balaban J connectivity index is 1.46. The van der Waals surface area contributed by atoms with E-state index in [1.165, 1.54) is 0 Å².